The highest BCUT2D eigenvalue weighted by Crippen LogP contribution is 2.42. The van der Waals surface area contributed by atoms with E-state index in [9.17, 15) is 4.79 Å². The zero-order valence-corrected chi connectivity index (χ0v) is 14.5. The van der Waals surface area contributed by atoms with Crippen LogP contribution in [-0.2, 0) is 20.8 Å². The summed E-state index contributed by atoms with van der Waals surface area (Å²) in [5, 5.41) is 3.07. The number of rotatable bonds is 7. The molecule has 132 valence electrons. The van der Waals surface area contributed by atoms with E-state index in [-0.39, 0.29) is 11.8 Å². The number of carbonyl (C=O) groups is 1. The highest BCUT2D eigenvalue weighted by molar-refractivity contribution is 5.80. The number of nitrogens with one attached hydrogen (secondary N) is 1. The van der Waals surface area contributed by atoms with Crippen LogP contribution >= 0.6 is 0 Å². The van der Waals surface area contributed by atoms with Gasteiger partial charge in [0.25, 0.3) is 0 Å². The van der Waals surface area contributed by atoms with E-state index in [0.717, 1.165) is 38.8 Å². The van der Waals surface area contributed by atoms with E-state index >= 15 is 0 Å². The molecule has 1 spiro atoms. The van der Waals surface area contributed by atoms with Crippen molar-refractivity contribution in [2.75, 3.05) is 33.4 Å². The molecular formula is C19H28N2O3. The minimum Gasteiger partial charge on any atom is -0.356 e. The van der Waals surface area contributed by atoms with Crippen LogP contribution in [-0.4, -0.2) is 49.9 Å². The largest absolute Gasteiger partial charge is 0.356 e. The van der Waals surface area contributed by atoms with Crippen LogP contribution in [0.5, 0.6) is 0 Å². The molecule has 0 aromatic heterocycles. The van der Waals surface area contributed by atoms with Crippen molar-refractivity contribution in [1.82, 2.24) is 10.2 Å². The van der Waals surface area contributed by atoms with Gasteiger partial charge in [0.15, 0.2) is 5.79 Å². The van der Waals surface area contributed by atoms with Crippen molar-refractivity contribution in [3.05, 3.63) is 35.9 Å². The molecule has 2 fully saturated rings. The van der Waals surface area contributed by atoms with Gasteiger partial charge in [0, 0.05) is 19.5 Å². The summed E-state index contributed by atoms with van der Waals surface area (Å²) in [6.07, 6.45) is 3.64. The van der Waals surface area contributed by atoms with E-state index in [2.05, 4.69) is 41.5 Å². The fourth-order valence-corrected chi connectivity index (χ4v) is 3.75. The summed E-state index contributed by atoms with van der Waals surface area (Å²) in [6, 6.07) is 10.4. The Morgan fingerprint density at radius 1 is 1.29 bits per heavy atom. The molecule has 1 saturated heterocycles. The second-order valence-electron chi connectivity index (χ2n) is 6.82. The summed E-state index contributed by atoms with van der Waals surface area (Å²) < 4.78 is 11.5. The standard InChI is InChI=1S/C19H28N2O3/c1-21(15-16-7-3-2-4-8-16)12-6-11-20-18(22)17-9-5-10-19(17)23-13-14-24-19/h2-4,7-8,17H,5-6,9-15H2,1H3,(H,20,22)/t17-/m0/s1. The van der Waals surface area contributed by atoms with Gasteiger partial charge in [-0.3, -0.25) is 4.79 Å². The predicted octanol–water partition coefficient (Wildman–Crippen LogP) is 2.17. The van der Waals surface area contributed by atoms with E-state index in [1.54, 1.807) is 0 Å². The van der Waals surface area contributed by atoms with Crippen LogP contribution in [0.25, 0.3) is 0 Å². The van der Waals surface area contributed by atoms with Crippen molar-refractivity contribution in [2.45, 2.75) is 38.0 Å². The lowest BCUT2D eigenvalue weighted by molar-refractivity contribution is -0.186. The Balaban J connectivity index is 1.36. The number of nitrogens with zero attached hydrogens (tertiary/aromatic N) is 1. The third-order valence-corrected chi connectivity index (χ3v) is 4.95. The first-order valence-corrected chi connectivity index (χ1v) is 8.98. The van der Waals surface area contributed by atoms with Crippen molar-refractivity contribution in [1.29, 1.82) is 0 Å². The molecule has 1 aromatic rings. The summed E-state index contributed by atoms with van der Waals surface area (Å²) in [5.41, 5.74) is 1.31. The molecule has 2 aliphatic rings. The average molecular weight is 332 g/mol. The summed E-state index contributed by atoms with van der Waals surface area (Å²) in [6.45, 7) is 3.80. The number of ether oxygens (including phenoxy) is 2. The Morgan fingerprint density at radius 2 is 2.04 bits per heavy atom. The number of hydrogen-bond acceptors (Lipinski definition) is 4. The minimum atomic E-state index is -0.631. The monoisotopic (exact) mass is 332 g/mol. The van der Waals surface area contributed by atoms with Crippen molar-refractivity contribution in [3.63, 3.8) is 0 Å². The maximum atomic E-state index is 12.5. The maximum absolute atomic E-state index is 12.5. The molecule has 3 rings (SSSR count). The molecule has 5 heteroatoms. The van der Waals surface area contributed by atoms with Crippen LogP contribution in [0.15, 0.2) is 30.3 Å². The molecule has 1 atom stereocenters. The molecule has 0 radical (unpaired) electrons. The van der Waals surface area contributed by atoms with Crippen LogP contribution in [0.1, 0.15) is 31.2 Å². The Hall–Kier alpha value is -1.43. The SMILES string of the molecule is CN(CCCNC(=O)[C@@H]1CCCC12OCCO2)Cc1ccccc1. The lowest BCUT2D eigenvalue weighted by Gasteiger charge is -2.28. The first-order chi connectivity index (χ1) is 11.7. The van der Waals surface area contributed by atoms with Crippen LogP contribution in [0.3, 0.4) is 0 Å². The first-order valence-electron chi connectivity index (χ1n) is 8.98. The van der Waals surface area contributed by atoms with E-state index < -0.39 is 5.79 Å². The molecule has 1 amide bonds. The van der Waals surface area contributed by atoms with Crippen LogP contribution in [0.2, 0.25) is 0 Å². The van der Waals surface area contributed by atoms with Crippen LogP contribution < -0.4 is 5.32 Å². The zero-order valence-electron chi connectivity index (χ0n) is 14.5. The molecule has 1 aliphatic heterocycles. The highest BCUT2D eigenvalue weighted by atomic mass is 16.7. The molecule has 0 bridgehead atoms. The third kappa shape index (κ3) is 4.15. The van der Waals surface area contributed by atoms with Gasteiger partial charge in [-0.25, -0.2) is 0 Å². The topological polar surface area (TPSA) is 50.8 Å². The molecule has 1 N–H and O–H groups in total. The zero-order chi connectivity index (χ0) is 16.8. The van der Waals surface area contributed by atoms with Gasteiger partial charge in [0.1, 0.15) is 0 Å². The van der Waals surface area contributed by atoms with Gasteiger partial charge in [0.05, 0.1) is 19.1 Å². The molecule has 1 heterocycles. The number of benzene rings is 1. The van der Waals surface area contributed by atoms with E-state index in [4.69, 9.17) is 9.47 Å². The Morgan fingerprint density at radius 3 is 2.79 bits per heavy atom. The molecule has 1 aromatic carbocycles. The van der Waals surface area contributed by atoms with Crippen molar-refractivity contribution in [2.24, 2.45) is 5.92 Å². The van der Waals surface area contributed by atoms with Gasteiger partial charge in [0.2, 0.25) is 5.91 Å². The van der Waals surface area contributed by atoms with E-state index in [1.165, 1.54) is 5.56 Å². The van der Waals surface area contributed by atoms with Crippen molar-refractivity contribution in [3.8, 4) is 0 Å². The fraction of sp³-hybridized carbons (Fsp3) is 0.632. The Labute approximate surface area is 144 Å². The molecule has 5 nitrogen and oxygen atoms in total. The third-order valence-electron chi connectivity index (χ3n) is 4.95. The summed E-state index contributed by atoms with van der Waals surface area (Å²) >= 11 is 0. The molecule has 0 unspecified atom stereocenters. The minimum absolute atomic E-state index is 0.0834. The predicted molar refractivity (Wildman–Crippen MR) is 92.4 cm³/mol. The second-order valence-corrected chi connectivity index (χ2v) is 6.82. The van der Waals surface area contributed by atoms with Gasteiger partial charge in [-0.05, 0) is 38.4 Å². The van der Waals surface area contributed by atoms with Crippen LogP contribution in [0.4, 0.5) is 0 Å². The lowest BCUT2D eigenvalue weighted by Crippen LogP contribution is -2.44. The number of hydrogen-bond donors (Lipinski definition) is 1. The number of carbonyl (C=O) groups excluding carboxylic acids is 1. The molecule has 24 heavy (non-hydrogen) atoms. The normalized spacial score (nSPS) is 22.3. The molecule has 1 saturated carbocycles. The molecular weight excluding hydrogens is 304 g/mol. The molecule has 1 aliphatic carbocycles. The lowest BCUT2D eigenvalue weighted by atomic mass is 10.0. The Bertz CT molecular complexity index is 523. The van der Waals surface area contributed by atoms with E-state index in [0.29, 0.717) is 19.8 Å². The summed E-state index contributed by atoms with van der Waals surface area (Å²) in [4.78, 5) is 14.7. The average Bonchev–Trinajstić information content (AvgIpc) is 3.23. The summed E-state index contributed by atoms with van der Waals surface area (Å²) in [5.74, 6) is -0.698. The van der Waals surface area contributed by atoms with Gasteiger partial charge < -0.3 is 19.7 Å². The quantitative estimate of drug-likeness (QED) is 0.778. The first kappa shape index (κ1) is 17.4. The van der Waals surface area contributed by atoms with E-state index in [1.807, 2.05) is 6.07 Å². The van der Waals surface area contributed by atoms with Crippen LogP contribution in [0, 0.1) is 5.92 Å². The Kier molecular flexibility index (Phi) is 5.87. The van der Waals surface area contributed by atoms with Crippen molar-refractivity contribution < 1.29 is 14.3 Å². The van der Waals surface area contributed by atoms with Gasteiger partial charge in [-0.1, -0.05) is 30.3 Å². The smallest absolute Gasteiger partial charge is 0.228 e. The second kappa shape index (κ2) is 8.10. The highest BCUT2D eigenvalue weighted by Gasteiger charge is 2.51. The maximum Gasteiger partial charge on any atom is 0.228 e. The van der Waals surface area contributed by atoms with Crippen molar-refractivity contribution >= 4 is 5.91 Å². The number of amides is 1. The fourth-order valence-electron chi connectivity index (χ4n) is 3.75. The van der Waals surface area contributed by atoms with Gasteiger partial charge >= 0.3 is 0 Å². The van der Waals surface area contributed by atoms with Gasteiger partial charge in [-0.15, -0.1) is 0 Å². The van der Waals surface area contributed by atoms with Gasteiger partial charge in [-0.2, -0.15) is 0 Å². The summed E-state index contributed by atoms with van der Waals surface area (Å²) in [7, 11) is 2.11.